The first-order chi connectivity index (χ1) is 9.97. The van der Waals surface area contributed by atoms with Gasteiger partial charge in [-0.1, -0.05) is 12.1 Å². The Balaban J connectivity index is 2.16. The van der Waals surface area contributed by atoms with Crippen LogP contribution in [-0.4, -0.2) is 15.6 Å². The van der Waals surface area contributed by atoms with E-state index in [0.717, 1.165) is 23.0 Å². The maximum atomic E-state index is 13.3. The lowest BCUT2D eigenvalue weighted by atomic mass is 10.0. The van der Waals surface area contributed by atoms with Gasteiger partial charge in [-0.15, -0.1) is 0 Å². The number of aromatic carboxylic acids is 1. The molecule has 3 rings (SSSR count). The Morgan fingerprint density at radius 3 is 2.33 bits per heavy atom. The molecule has 0 radical (unpaired) electrons. The lowest BCUT2D eigenvalue weighted by Crippen LogP contribution is -2.03. The number of rotatable bonds is 2. The van der Waals surface area contributed by atoms with Gasteiger partial charge in [0.05, 0.1) is 0 Å². The molecule has 21 heavy (non-hydrogen) atoms. The van der Waals surface area contributed by atoms with Crippen molar-refractivity contribution in [2.45, 2.75) is 0 Å². The number of hydrogen-bond acceptors (Lipinski definition) is 1. The maximum absolute atomic E-state index is 13.3. The van der Waals surface area contributed by atoms with Gasteiger partial charge in [-0.3, -0.25) is 0 Å². The highest BCUT2D eigenvalue weighted by molar-refractivity contribution is 5.96. The number of carboxylic acids is 1. The molecule has 0 saturated carbocycles. The lowest BCUT2D eigenvalue weighted by Gasteiger charge is -2.04. The van der Waals surface area contributed by atoms with Gasteiger partial charge in [-0.2, -0.15) is 0 Å². The predicted molar refractivity (Wildman–Crippen MR) is 75.2 cm³/mol. The van der Waals surface area contributed by atoms with E-state index < -0.39 is 17.6 Å². The lowest BCUT2D eigenvalue weighted by molar-refractivity contribution is 0.0687. The number of hydrogen-bond donors (Lipinski definition) is 1. The molecule has 0 saturated heterocycles. The quantitative estimate of drug-likeness (QED) is 0.778. The second kappa shape index (κ2) is 4.70. The third-order valence-corrected chi connectivity index (χ3v) is 3.51. The van der Waals surface area contributed by atoms with Crippen molar-refractivity contribution < 1.29 is 18.7 Å². The van der Waals surface area contributed by atoms with Gasteiger partial charge in [0.15, 0.2) is 11.6 Å². The minimum absolute atomic E-state index is 0.174. The maximum Gasteiger partial charge on any atom is 0.352 e. The number of aryl methyl sites for hydroxylation is 1. The number of benzene rings is 2. The van der Waals surface area contributed by atoms with E-state index in [2.05, 4.69) is 0 Å². The van der Waals surface area contributed by atoms with Gasteiger partial charge >= 0.3 is 5.97 Å². The number of halogens is 2. The third-order valence-electron chi connectivity index (χ3n) is 3.51. The molecule has 0 spiro atoms. The Bertz CT molecular complexity index is 868. The monoisotopic (exact) mass is 287 g/mol. The fourth-order valence-electron chi connectivity index (χ4n) is 2.41. The number of aromatic nitrogens is 1. The van der Waals surface area contributed by atoms with Gasteiger partial charge in [-0.25, -0.2) is 13.6 Å². The SMILES string of the molecule is Cn1c(C(=O)O)cc2cc(-c3ccc(F)c(F)c3)ccc21. The summed E-state index contributed by atoms with van der Waals surface area (Å²) in [5.41, 5.74) is 2.17. The van der Waals surface area contributed by atoms with E-state index in [1.807, 2.05) is 0 Å². The van der Waals surface area contributed by atoms with Crippen molar-refractivity contribution in [3.05, 3.63) is 59.8 Å². The molecule has 3 aromatic rings. The number of fused-ring (bicyclic) bond motifs is 1. The summed E-state index contributed by atoms with van der Waals surface area (Å²) in [6, 6.07) is 10.5. The molecule has 3 nitrogen and oxygen atoms in total. The molecule has 0 atom stereocenters. The molecule has 0 unspecified atom stereocenters. The van der Waals surface area contributed by atoms with Crippen molar-refractivity contribution in [1.29, 1.82) is 0 Å². The molecule has 0 fully saturated rings. The molecule has 0 bridgehead atoms. The summed E-state index contributed by atoms with van der Waals surface area (Å²) in [7, 11) is 1.67. The van der Waals surface area contributed by atoms with Gasteiger partial charge in [0.2, 0.25) is 0 Å². The normalized spacial score (nSPS) is 11.0. The van der Waals surface area contributed by atoms with Gasteiger partial charge in [0, 0.05) is 18.0 Å². The highest BCUT2D eigenvalue weighted by atomic mass is 19.2. The Kier molecular flexibility index (Phi) is 2.97. The largest absolute Gasteiger partial charge is 0.477 e. The number of nitrogens with zero attached hydrogens (tertiary/aromatic N) is 1. The van der Waals surface area contributed by atoms with Gasteiger partial charge in [0.1, 0.15) is 5.69 Å². The zero-order valence-corrected chi connectivity index (χ0v) is 11.1. The summed E-state index contributed by atoms with van der Waals surface area (Å²) in [5, 5.41) is 9.84. The molecule has 106 valence electrons. The summed E-state index contributed by atoms with van der Waals surface area (Å²) in [6.45, 7) is 0. The van der Waals surface area contributed by atoms with Crippen LogP contribution in [0.5, 0.6) is 0 Å². The van der Waals surface area contributed by atoms with Gasteiger partial charge in [-0.05, 0) is 41.5 Å². The molecule has 1 N–H and O–H groups in total. The van der Waals surface area contributed by atoms with Gasteiger partial charge in [0.25, 0.3) is 0 Å². The molecular weight excluding hydrogens is 276 g/mol. The fourth-order valence-corrected chi connectivity index (χ4v) is 2.41. The smallest absolute Gasteiger partial charge is 0.352 e. The molecule has 2 aromatic carbocycles. The summed E-state index contributed by atoms with van der Waals surface area (Å²) in [6.07, 6.45) is 0. The second-order valence-electron chi connectivity index (χ2n) is 4.80. The molecule has 0 aliphatic carbocycles. The molecular formula is C16H11F2NO2. The highest BCUT2D eigenvalue weighted by Crippen LogP contribution is 2.27. The Morgan fingerprint density at radius 1 is 1.00 bits per heavy atom. The summed E-state index contributed by atoms with van der Waals surface area (Å²) < 4.78 is 27.8. The van der Waals surface area contributed by atoms with Crippen molar-refractivity contribution in [2.24, 2.45) is 7.05 Å². The van der Waals surface area contributed by atoms with E-state index in [1.165, 1.54) is 6.07 Å². The minimum Gasteiger partial charge on any atom is -0.477 e. The Morgan fingerprint density at radius 2 is 1.67 bits per heavy atom. The third kappa shape index (κ3) is 2.16. The van der Waals surface area contributed by atoms with Crippen molar-refractivity contribution in [2.75, 3.05) is 0 Å². The summed E-state index contributed by atoms with van der Waals surface area (Å²) in [4.78, 5) is 11.1. The average Bonchev–Trinajstić information content (AvgIpc) is 2.79. The fraction of sp³-hybridized carbons (Fsp3) is 0.0625. The van der Waals surface area contributed by atoms with E-state index in [0.29, 0.717) is 11.1 Å². The van der Waals surface area contributed by atoms with Crippen LogP contribution in [0.1, 0.15) is 10.5 Å². The number of carboxylic acid groups (broad SMARTS) is 1. The van der Waals surface area contributed by atoms with E-state index in [-0.39, 0.29) is 5.69 Å². The van der Waals surface area contributed by atoms with Crippen LogP contribution in [-0.2, 0) is 7.05 Å². The van der Waals surface area contributed by atoms with E-state index in [1.54, 1.807) is 35.9 Å². The van der Waals surface area contributed by atoms with Crippen LogP contribution in [0.25, 0.3) is 22.0 Å². The summed E-state index contributed by atoms with van der Waals surface area (Å²) in [5.74, 6) is -2.82. The Hall–Kier alpha value is -2.69. The molecule has 0 amide bonds. The minimum atomic E-state index is -1.01. The molecule has 0 aliphatic heterocycles. The summed E-state index contributed by atoms with van der Waals surface area (Å²) >= 11 is 0. The predicted octanol–water partition coefficient (Wildman–Crippen LogP) is 3.82. The first-order valence-corrected chi connectivity index (χ1v) is 6.25. The van der Waals surface area contributed by atoms with Crippen LogP contribution in [0.3, 0.4) is 0 Å². The Labute approximate surface area is 119 Å². The number of carbonyl (C=O) groups is 1. The van der Waals surface area contributed by atoms with Crippen LogP contribution < -0.4 is 0 Å². The van der Waals surface area contributed by atoms with Gasteiger partial charge < -0.3 is 9.67 Å². The van der Waals surface area contributed by atoms with Crippen molar-refractivity contribution in [3.8, 4) is 11.1 Å². The van der Waals surface area contributed by atoms with Crippen LogP contribution in [0.2, 0.25) is 0 Å². The standard InChI is InChI=1S/C16H11F2NO2/c1-19-14-5-3-9(6-11(14)8-15(19)16(20)21)10-2-4-12(17)13(18)7-10/h2-8H,1H3,(H,20,21). The molecule has 1 heterocycles. The molecule has 1 aromatic heterocycles. The average molecular weight is 287 g/mol. The first kappa shape index (κ1) is 13.3. The molecule has 5 heteroatoms. The zero-order chi connectivity index (χ0) is 15.1. The zero-order valence-electron chi connectivity index (χ0n) is 11.1. The van der Waals surface area contributed by atoms with Crippen molar-refractivity contribution >= 4 is 16.9 Å². The second-order valence-corrected chi connectivity index (χ2v) is 4.80. The van der Waals surface area contributed by atoms with Crippen LogP contribution >= 0.6 is 0 Å². The molecule has 0 aliphatic rings. The van der Waals surface area contributed by atoms with Crippen molar-refractivity contribution in [3.63, 3.8) is 0 Å². The highest BCUT2D eigenvalue weighted by Gasteiger charge is 2.13. The van der Waals surface area contributed by atoms with E-state index in [9.17, 15) is 13.6 Å². The first-order valence-electron chi connectivity index (χ1n) is 6.25. The van der Waals surface area contributed by atoms with Crippen LogP contribution in [0, 0.1) is 11.6 Å². The van der Waals surface area contributed by atoms with Crippen LogP contribution in [0.15, 0.2) is 42.5 Å². The van der Waals surface area contributed by atoms with E-state index in [4.69, 9.17) is 5.11 Å². The van der Waals surface area contributed by atoms with Crippen molar-refractivity contribution in [1.82, 2.24) is 4.57 Å². The van der Waals surface area contributed by atoms with Crippen LogP contribution in [0.4, 0.5) is 8.78 Å². The topological polar surface area (TPSA) is 42.2 Å². The van der Waals surface area contributed by atoms with E-state index >= 15 is 0 Å².